The first kappa shape index (κ1) is 15.3. The number of nitrogens with zero attached hydrogens (tertiary/aromatic N) is 1. The molecule has 0 radical (unpaired) electrons. The summed E-state index contributed by atoms with van der Waals surface area (Å²) in [4.78, 5) is 13.4. The van der Waals surface area contributed by atoms with Gasteiger partial charge in [0, 0.05) is 6.54 Å². The van der Waals surface area contributed by atoms with Crippen LogP contribution in [0.4, 0.5) is 22.0 Å². The standard InChI is InChI=1S/C10H9F5N2O2/c11-9(12)8-5(2-7(18)19)4(3-16)1-6(17-8)10(13,14)15/h1,9H,2-3,16H2,(H,18,19). The topological polar surface area (TPSA) is 76.2 Å². The van der Waals surface area contributed by atoms with E-state index in [2.05, 4.69) is 4.98 Å². The average Bonchev–Trinajstić information content (AvgIpc) is 2.26. The van der Waals surface area contributed by atoms with Gasteiger partial charge in [-0.2, -0.15) is 13.2 Å². The fraction of sp³-hybridized carbons (Fsp3) is 0.400. The molecule has 1 aromatic rings. The summed E-state index contributed by atoms with van der Waals surface area (Å²) < 4.78 is 62.8. The Labute approximate surface area is 104 Å². The third kappa shape index (κ3) is 3.60. The van der Waals surface area contributed by atoms with Crippen LogP contribution in [0.3, 0.4) is 0 Å². The molecule has 0 spiro atoms. The molecule has 9 heteroatoms. The first-order chi connectivity index (χ1) is 8.66. The fourth-order valence-electron chi connectivity index (χ4n) is 1.51. The highest BCUT2D eigenvalue weighted by Gasteiger charge is 2.35. The van der Waals surface area contributed by atoms with E-state index in [4.69, 9.17) is 10.8 Å². The van der Waals surface area contributed by atoms with Gasteiger partial charge >= 0.3 is 12.1 Å². The number of rotatable bonds is 4. The van der Waals surface area contributed by atoms with Gasteiger partial charge in [0.05, 0.1) is 6.42 Å². The van der Waals surface area contributed by atoms with Crippen molar-refractivity contribution in [2.75, 3.05) is 0 Å². The molecule has 0 saturated heterocycles. The van der Waals surface area contributed by atoms with Gasteiger partial charge in [0.15, 0.2) is 0 Å². The van der Waals surface area contributed by atoms with E-state index in [0.717, 1.165) is 0 Å². The van der Waals surface area contributed by atoms with Gasteiger partial charge in [-0.25, -0.2) is 13.8 Å². The quantitative estimate of drug-likeness (QED) is 0.830. The normalized spacial score (nSPS) is 11.9. The van der Waals surface area contributed by atoms with E-state index in [9.17, 15) is 26.7 Å². The van der Waals surface area contributed by atoms with Crippen molar-refractivity contribution in [3.8, 4) is 0 Å². The number of nitrogens with two attached hydrogens (primary N) is 1. The summed E-state index contributed by atoms with van der Waals surface area (Å²) in [6, 6.07) is 0.490. The summed E-state index contributed by atoms with van der Waals surface area (Å²) in [5.41, 5.74) is 1.68. The smallest absolute Gasteiger partial charge is 0.433 e. The van der Waals surface area contributed by atoms with E-state index in [1.54, 1.807) is 0 Å². The van der Waals surface area contributed by atoms with E-state index in [0.29, 0.717) is 6.07 Å². The summed E-state index contributed by atoms with van der Waals surface area (Å²) in [5.74, 6) is -1.46. The van der Waals surface area contributed by atoms with Gasteiger partial charge in [-0.3, -0.25) is 4.79 Å². The highest BCUT2D eigenvalue weighted by molar-refractivity contribution is 5.71. The maximum absolute atomic E-state index is 12.7. The largest absolute Gasteiger partial charge is 0.481 e. The number of carboxylic acid groups (broad SMARTS) is 1. The third-order valence-electron chi connectivity index (χ3n) is 2.29. The van der Waals surface area contributed by atoms with Crippen molar-refractivity contribution in [1.29, 1.82) is 0 Å². The minimum Gasteiger partial charge on any atom is -0.481 e. The van der Waals surface area contributed by atoms with E-state index in [1.807, 2.05) is 0 Å². The van der Waals surface area contributed by atoms with Crippen molar-refractivity contribution in [1.82, 2.24) is 4.98 Å². The molecule has 19 heavy (non-hydrogen) atoms. The average molecular weight is 284 g/mol. The zero-order valence-corrected chi connectivity index (χ0v) is 9.34. The molecular weight excluding hydrogens is 275 g/mol. The SMILES string of the molecule is NCc1cc(C(F)(F)F)nc(C(F)F)c1CC(=O)O. The van der Waals surface area contributed by atoms with Gasteiger partial charge in [0.25, 0.3) is 6.43 Å². The van der Waals surface area contributed by atoms with Crippen LogP contribution in [0.15, 0.2) is 6.07 Å². The van der Waals surface area contributed by atoms with Gasteiger partial charge in [0.2, 0.25) is 0 Å². The van der Waals surface area contributed by atoms with Crippen LogP contribution in [0.1, 0.15) is 28.9 Å². The summed E-state index contributed by atoms with van der Waals surface area (Å²) >= 11 is 0. The molecule has 0 atom stereocenters. The fourth-order valence-corrected chi connectivity index (χ4v) is 1.51. The van der Waals surface area contributed by atoms with Crippen LogP contribution in [0.5, 0.6) is 0 Å². The molecule has 1 aromatic heterocycles. The second-order valence-corrected chi connectivity index (χ2v) is 3.60. The highest BCUT2D eigenvalue weighted by atomic mass is 19.4. The molecule has 0 saturated carbocycles. The van der Waals surface area contributed by atoms with Crippen LogP contribution in [-0.2, 0) is 23.9 Å². The van der Waals surface area contributed by atoms with Crippen LogP contribution in [-0.4, -0.2) is 16.1 Å². The third-order valence-corrected chi connectivity index (χ3v) is 2.29. The second-order valence-electron chi connectivity index (χ2n) is 3.60. The first-order valence-electron chi connectivity index (χ1n) is 4.96. The van der Waals surface area contributed by atoms with Crippen molar-refractivity contribution in [3.63, 3.8) is 0 Å². The van der Waals surface area contributed by atoms with Gasteiger partial charge in [-0.15, -0.1) is 0 Å². The number of alkyl halides is 5. The Morgan fingerprint density at radius 1 is 1.42 bits per heavy atom. The molecule has 0 aliphatic heterocycles. The van der Waals surface area contributed by atoms with Crippen molar-refractivity contribution in [3.05, 3.63) is 28.6 Å². The number of carboxylic acids is 1. The van der Waals surface area contributed by atoms with Crippen molar-refractivity contribution >= 4 is 5.97 Å². The number of aromatic nitrogens is 1. The lowest BCUT2D eigenvalue weighted by Crippen LogP contribution is -2.17. The van der Waals surface area contributed by atoms with Gasteiger partial charge in [-0.1, -0.05) is 0 Å². The van der Waals surface area contributed by atoms with E-state index >= 15 is 0 Å². The predicted octanol–water partition coefficient (Wildman–Crippen LogP) is 2.12. The second kappa shape index (κ2) is 5.47. The lowest BCUT2D eigenvalue weighted by atomic mass is 10.0. The van der Waals surface area contributed by atoms with Crippen molar-refractivity contribution < 1.29 is 31.9 Å². The molecule has 106 valence electrons. The minimum atomic E-state index is -4.91. The Bertz CT molecular complexity index is 488. The lowest BCUT2D eigenvalue weighted by molar-refractivity contribution is -0.141. The van der Waals surface area contributed by atoms with Crippen LogP contribution in [0.2, 0.25) is 0 Å². The number of pyridine rings is 1. The van der Waals surface area contributed by atoms with Crippen molar-refractivity contribution in [2.24, 2.45) is 5.73 Å². The zero-order valence-electron chi connectivity index (χ0n) is 9.34. The van der Waals surface area contributed by atoms with Gasteiger partial charge in [0.1, 0.15) is 11.4 Å². The van der Waals surface area contributed by atoms with Crippen LogP contribution in [0.25, 0.3) is 0 Å². The molecule has 0 amide bonds. The Morgan fingerprint density at radius 2 is 2.00 bits per heavy atom. The zero-order chi connectivity index (χ0) is 14.8. The molecule has 0 unspecified atom stereocenters. The number of halogens is 5. The highest BCUT2D eigenvalue weighted by Crippen LogP contribution is 2.32. The maximum atomic E-state index is 12.7. The minimum absolute atomic E-state index is 0.306. The van der Waals surface area contributed by atoms with E-state index in [-0.39, 0.29) is 5.56 Å². The van der Waals surface area contributed by atoms with Crippen LogP contribution < -0.4 is 5.73 Å². The molecule has 0 aromatic carbocycles. The summed E-state index contributed by atoms with van der Waals surface area (Å²) in [5, 5.41) is 8.59. The molecule has 3 N–H and O–H groups in total. The lowest BCUT2D eigenvalue weighted by Gasteiger charge is -2.15. The molecule has 1 heterocycles. The Balaban J connectivity index is 3.49. The molecule has 1 rings (SSSR count). The summed E-state index contributed by atoms with van der Waals surface area (Å²) in [6.45, 7) is -0.492. The van der Waals surface area contributed by atoms with Crippen molar-refractivity contribution in [2.45, 2.75) is 25.6 Å². The van der Waals surface area contributed by atoms with Gasteiger partial charge in [-0.05, 0) is 17.2 Å². The first-order valence-corrected chi connectivity index (χ1v) is 4.96. The monoisotopic (exact) mass is 284 g/mol. The molecule has 0 bridgehead atoms. The Kier molecular flexibility index (Phi) is 4.40. The Morgan fingerprint density at radius 3 is 2.37 bits per heavy atom. The summed E-state index contributed by atoms with van der Waals surface area (Å²) in [7, 11) is 0. The number of hydrogen-bond acceptors (Lipinski definition) is 3. The predicted molar refractivity (Wildman–Crippen MR) is 53.4 cm³/mol. The van der Waals surface area contributed by atoms with Crippen LogP contribution in [0, 0.1) is 0 Å². The van der Waals surface area contributed by atoms with Gasteiger partial charge < -0.3 is 10.8 Å². The van der Waals surface area contributed by atoms with Crippen LogP contribution >= 0.6 is 0 Å². The molecule has 0 fully saturated rings. The molecule has 0 aliphatic rings. The molecule has 4 nitrogen and oxygen atoms in total. The Hall–Kier alpha value is -1.77. The number of carbonyl (C=O) groups is 1. The van der Waals surface area contributed by atoms with E-state index < -0.39 is 48.5 Å². The van der Waals surface area contributed by atoms with E-state index in [1.165, 1.54) is 0 Å². The molecular formula is C10H9F5N2O2. The number of hydrogen-bond donors (Lipinski definition) is 2. The summed E-state index contributed by atoms with van der Waals surface area (Å²) in [6.07, 6.45) is -9.09. The maximum Gasteiger partial charge on any atom is 0.433 e. The molecule has 0 aliphatic carbocycles. The number of aliphatic carboxylic acids is 1.